The van der Waals surface area contributed by atoms with Gasteiger partial charge in [0.05, 0.1) is 0 Å². The van der Waals surface area contributed by atoms with Crippen molar-refractivity contribution in [3.8, 4) is 0 Å². The van der Waals surface area contributed by atoms with Crippen LogP contribution in [0.25, 0.3) is 0 Å². The van der Waals surface area contributed by atoms with Gasteiger partial charge in [0.25, 0.3) is 0 Å². The number of hydrogen-bond donors (Lipinski definition) is 0. The molecule has 0 amide bonds. The van der Waals surface area contributed by atoms with Crippen molar-refractivity contribution in [1.29, 1.82) is 0 Å². The van der Waals surface area contributed by atoms with E-state index in [1.165, 1.54) is 38.8 Å². The van der Waals surface area contributed by atoms with Crippen molar-refractivity contribution in [3.63, 3.8) is 0 Å². The summed E-state index contributed by atoms with van der Waals surface area (Å²) >= 11 is -0.271. The predicted molar refractivity (Wildman–Crippen MR) is 57.6 cm³/mol. The molecule has 0 aromatic carbocycles. The van der Waals surface area contributed by atoms with Crippen LogP contribution in [-0.2, 0) is 23.1 Å². The topological polar surface area (TPSA) is 12.5 Å². The van der Waals surface area contributed by atoms with Crippen LogP contribution in [0.15, 0.2) is 0 Å². The summed E-state index contributed by atoms with van der Waals surface area (Å²) < 4.78 is 8.25. The Hall–Kier alpha value is 1.21. The van der Waals surface area contributed by atoms with Gasteiger partial charge in [0, 0.05) is 0 Å². The summed E-state index contributed by atoms with van der Waals surface area (Å²) in [7, 11) is 0. The maximum atomic E-state index is 5.69. The van der Waals surface area contributed by atoms with Gasteiger partial charge in [-0.25, -0.2) is 0 Å². The fourth-order valence-electron chi connectivity index (χ4n) is 1.14. The van der Waals surface area contributed by atoms with Crippen molar-refractivity contribution in [1.82, 2.24) is 3.38 Å². The van der Waals surface area contributed by atoms with Gasteiger partial charge >= 0.3 is 99.1 Å². The molecule has 0 heterocycles. The minimum absolute atomic E-state index is 0. The third-order valence-corrected chi connectivity index (χ3v) is 3.68. The molecule has 0 saturated heterocycles. The molecule has 0 atom stereocenters. The first kappa shape index (κ1) is 22.4. The molecule has 0 rings (SSSR count). The summed E-state index contributed by atoms with van der Waals surface area (Å²) in [5.41, 5.74) is 0. The Morgan fingerprint density at radius 3 is 1.75 bits per heavy atom. The van der Waals surface area contributed by atoms with Crippen molar-refractivity contribution in [2.45, 2.75) is 52.9 Å². The molecule has 0 aliphatic carbocycles. The van der Waals surface area contributed by atoms with Gasteiger partial charge in [0.2, 0.25) is 0 Å². The molecule has 0 aromatic rings. The van der Waals surface area contributed by atoms with E-state index < -0.39 is 0 Å². The first-order valence-corrected chi connectivity index (χ1v) is 7.31. The van der Waals surface area contributed by atoms with Crippen LogP contribution in [0.4, 0.5) is 0 Å². The quantitative estimate of drug-likeness (QED) is 0.320. The summed E-state index contributed by atoms with van der Waals surface area (Å²) in [5.74, 6) is 0. The van der Waals surface area contributed by atoms with Crippen LogP contribution in [0.2, 0.25) is 0 Å². The van der Waals surface area contributed by atoms with E-state index in [0.29, 0.717) is 0 Å². The fraction of sp³-hybridized carbons (Fsp3) is 1.00. The number of hydrogen-bond acceptors (Lipinski definition) is 2. The first-order chi connectivity index (χ1) is 6.85. The van der Waals surface area contributed by atoms with Gasteiger partial charge in [0.15, 0.2) is 0 Å². The number of nitrogens with zero attached hydrogens (tertiary/aromatic N) is 1. The summed E-state index contributed by atoms with van der Waals surface area (Å²) in [5, 5.41) is 0. The molecule has 0 spiro atoms. The van der Waals surface area contributed by atoms with Crippen molar-refractivity contribution in [2.75, 3.05) is 19.7 Å². The molecule has 0 bridgehead atoms. The standard InChI is InChI=1S/C8H18N.C3H7O.2ClH.Ti/c1-3-5-7-9-8-6-4-2;1-2-3-4;;;/h3-8H2,1-2H3;2-3H2,1H3;2*1H;/q2*-1;;;+4/p-2. The summed E-state index contributed by atoms with van der Waals surface area (Å²) in [6.45, 7) is 10.1. The summed E-state index contributed by atoms with van der Waals surface area (Å²) in [4.78, 5) is 0. The number of unbranched alkanes of at least 4 members (excludes halogenated alkanes) is 2. The minimum Gasteiger partial charge on any atom is -1.00 e. The van der Waals surface area contributed by atoms with Crippen LogP contribution in [0.5, 0.6) is 0 Å². The third-order valence-electron chi connectivity index (χ3n) is 2.06. The number of halogens is 2. The molecule has 0 N–H and O–H groups in total. The molecule has 0 aliphatic heterocycles. The van der Waals surface area contributed by atoms with E-state index in [9.17, 15) is 0 Å². The molecular formula is C11H25Cl2NOTi. The monoisotopic (exact) mass is 305 g/mol. The van der Waals surface area contributed by atoms with E-state index in [1.54, 1.807) is 0 Å². The van der Waals surface area contributed by atoms with E-state index >= 15 is 0 Å². The second-order valence-electron chi connectivity index (χ2n) is 3.63. The van der Waals surface area contributed by atoms with Crippen LogP contribution in [0.1, 0.15) is 52.9 Å². The van der Waals surface area contributed by atoms with Gasteiger partial charge in [-0.2, -0.15) is 0 Å². The van der Waals surface area contributed by atoms with Gasteiger partial charge in [-0.3, -0.25) is 0 Å². The molecule has 0 aromatic heterocycles. The van der Waals surface area contributed by atoms with Crippen LogP contribution in [-0.4, -0.2) is 23.1 Å². The van der Waals surface area contributed by atoms with E-state index in [0.717, 1.165) is 13.0 Å². The second-order valence-corrected chi connectivity index (χ2v) is 5.36. The summed E-state index contributed by atoms with van der Waals surface area (Å²) in [6, 6.07) is 0. The van der Waals surface area contributed by atoms with E-state index in [2.05, 4.69) is 24.2 Å². The predicted octanol–water partition coefficient (Wildman–Crippen LogP) is -2.76. The van der Waals surface area contributed by atoms with Gasteiger partial charge in [0.1, 0.15) is 0 Å². The Morgan fingerprint density at radius 1 is 0.875 bits per heavy atom. The van der Waals surface area contributed by atoms with E-state index in [4.69, 9.17) is 3.32 Å². The van der Waals surface area contributed by atoms with Crippen molar-refractivity contribution < 1.29 is 47.9 Å². The maximum Gasteiger partial charge on any atom is -1.00 e. The van der Waals surface area contributed by atoms with Gasteiger partial charge in [-0.05, 0) is 0 Å². The third kappa shape index (κ3) is 15.2. The zero-order valence-corrected chi connectivity index (χ0v) is 13.8. The summed E-state index contributed by atoms with van der Waals surface area (Å²) in [6.07, 6.45) is 6.38. The number of rotatable bonds is 10. The van der Waals surface area contributed by atoms with Crippen LogP contribution in [0.3, 0.4) is 0 Å². The average molecular weight is 306 g/mol. The minimum atomic E-state index is -0.271. The van der Waals surface area contributed by atoms with Crippen LogP contribution in [0, 0.1) is 0 Å². The zero-order chi connectivity index (χ0) is 10.6. The van der Waals surface area contributed by atoms with E-state index in [1.807, 2.05) is 0 Å². The molecule has 0 unspecified atom stereocenters. The normalized spacial score (nSPS) is 9.25. The smallest absolute Gasteiger partial charge is 1.00 e. The molecule has 98 valence electrons. The molecule has 16 heavy (non-hydrogen) atoms. The first-order valence-electron chi connectivity index (χ1n) is 5.97. The average Bonchev–Trinajstić information content (AvgIpc) is 2.21. The Bertz CT molecular complexity index is 112. The van der Waals surface area contributed by atoms with Crippen molar-refractivity contribution in [2.24, 2.45) is 0 Å². The Kier molecular flexibility index (Phi) is 26.0. The second kappa shape index (κ2) is 18.6. The Morgan fingerprint density at radius 2 is 1.38 bits per heavy atom. The Labute approximate surface area is 123 Å². The van der Waals surface area contributed by atoms with Gasteiger partial charge in [-0.1, -0.05) is 0 Å². The molecule has 0 saturated carbocycles. The molecule has 0 fully saturated rings. The van der Waals surface area contributed by atoms with Crippen LogP contribution < -0.4 is 24.8 Å². The fourth-order valence-corrected chi connectivity index (χ4v) is 2.67. The van der Waals surface area contributed by atoms with Gasteiger partial charge < -0.3 is 24.8 Å². The SMILES string of the molecule is CCCC[N](CCCC)[Ti+2][O]CCC.[Cl-].[Cl-]. The maximum absolute atomic E-state index is 5.69. The molecule has 0 radical (unpaired) electrons. The zero-order valence-electron chi connectivity index (χ0n) is 10.8. The molecule has 0 aliphatic rings. The van der Waals surface area contributed by atoms with Crippen molar-refractivity contribution in [3.05, 3.63) is 0 Å². The van der Waals surface area contributed by atoms with E-state index in [-0.39, 0.29) is 44.6 Å². The van der Waals surface area contributed by atoms with Gasteiger partial charge in [-0.15, -0.1) is 0 Å². The largest absolute Gasteiger partial charge is 1.00 e. The molecule has 5 heteroatoms. The van der Waals surface area contributed by atoms with Crippen molar-refractivity contribution >= 4 is 0 Å². The molecular weight excluding hydrogens is 281 g/mol. The Balaban J connectivity index is -0.000000845. The molecule has 2 nitrogen and oxygen atoms in total. The van der Waals surface area contributed by atoms with Crippen LogP contribution >= 0.6 is 0 Å².